The summed E-state index contributed by atoms with van der Waals surface area (Å²) in [5.41, 5.74) is 1.02. The molecule has 0 bridgehead atoms. The molecule has 58 valence electrons. The standard InChI is InChI=1S/C6H9ClOS2/c1-5(3-7)4-10-6(8)9-2/h4H,3H2,1-2H3/b5-4-. The quantitative estimate of drug-likeness (QED) is 0.631. The number of alkyl halides is 1. The number of rotatable bonds is 2. The maximum Gasteiger partial charge on any atom is 0.249 e. The Morgan fingerprint density at radius 2 is 2.30 bits per heavy atom. The lowest BCUT2D eigenvalue weighted by Gasteiger charge is -1.91. The van der Waals surface area contributed by atoms with Crippen LogP contribution in [0.2, 0.25) is 0 Å². The molecule has 0 aromatic heterocycles. The molecule has 0 amide bonds. The molecule has 4 heteroatoms. The molecule has 0 aliphatic rings. The van der Waals surface area contributed by atoms with Crippen molar-refractivity contribution in [1.82, 2.24) is 0 Å². The van der Waals surface area contributed by atoms with Crippen molar-refractivity contribution in [3.8, 4) is 0 Å². The average Bonchev–Trinajstić information content (AvgIpc) is 1.99. The predicted octanol–water partition coefficient (Wildman–Crippen LogP) is 3.35. The van der Waals surface area contributed by atoms with E-state index in [1.54, 1.807) is 11.7 Å². The number of hydrogen-bond acceptors (Lipinski definition) is 3. The highest BCUT2D eigenvalue weighted by atomic mass is 35.5. The van der Waals surface area contributed by atoms with Gasteiger partial charge in [0.15, 0.2) is 0 Å². The van der Waals surface area contributed by atoms with Gasteiger partial charge in [0.05, 0.1) is 0 Å². The molecule has 0 aliphatic heterocycles. The minimum Gasteiger partial charge on any atom is -0.274 e. The minimum absolute atomic E-state index is 0.101. The third kappa shape index (κ3) is 5.21. The predicted molar refractivity (Wildman–Crippen MR) is 51.0 cm³/mol. The zero-order valence-corrected chi connectivity index (χ0v) is 8.28. The molecule has 0 rings (SSSR count). The molecule has 0 aromatic carbocycles. The Morgan fingerprint density at radius 3 is 2.70 bits per heavy atom. The van der Waals surface area contributed by atoms with Crippen LogP contribution in [-0.4, -0.2) is 16.6 Å². The van der Waals surface area contributed by atoms with Crippen LogP contribution in [-0.2, 0) is 0 Å². The van der Waals surface area contributed by atoms with Gasteiger partial charge in [0, 0.05) is 5.88 Å². The smallest absolute Gasteiger partial charge is 0.249 e. The molecule has 0 radical (unpaired) electrons. The largest absolute Gasteiger partial charge is 0.274 e. The van der Waals surface area contributed by atoms with Crippen molar-refractivity contribution in [2.45, 2.75) is 6.92 Å². The van der Waals surface area contributed by atoms with E-state index in [0.717, 1.165) is 5.57 Å². The molecule has 0 aliphatic carbocycles. The number of carbonyl (C=O) groups is 1. The fourth-order valence-electron chi connectivity index (χ4n) is 0.228. The fourth-order valence-corrected chi connectivity index (χ4v) is 1.31. The van der Waals surface area contributed by atoms with Gasteiger partial charge in [-0.15, -0.1) is 11.6 Å². The average molecular weight is 197 g/mol. The van der Waals surface area contributed by atoms with Gasteiger partial charge in [-0.25, -0.2) is 0 Å². The highest BCUT2D eigenvalue weighted by Gasteiger charge is 1.95. The van der Waals surface area contributed by atoms with Crippen molar-refractivity contribution in [1.29, 1.82) is 0 Å². The van der Waals surface area contributed by atoms with Crippen molar-refractivity contribution >= 4 is 39.6 Å². The van der Waals surface area contributed by atoms with E-state index in [1.165, 1.54) is 23.5 Å². The molecule has 0 atom stereocenters. The summed E-state index contributed by atoms with van der Waals surface area (Å²) in [4.78, 5) is 10.7. The number of carbonyl (C=O) groups excluding carboxylic acids is 1. The van der Waals surface area contributed by atoms with Gasteiger partial charge in [0.1, 0.15) is 0 Å². The maximum atomic E-state index is 10.7. The third-order valence-electron chi connectivity index (χ3n) is 0.734. The van der Waals surface area contributed by atoms with E-state index in [2.05, 4.69) is 0 Å². The molecule has 10 heavy (non-hydrogen) atoms. The van der Waals surface area contributed by atoms with Crippen LogP contribution in [0, 0.1) is 0 Å². The van der Waals surface area contributed by atoms with Crippen LogP contribution < -0.4 is 0 Å². The van der Waals surface area contributed by atoms with Gasteiger partial charge in [0.25, 0.3) is 0 Å². The summed E-state index contributed by atoms with van der Waals surface area (Å²) in [5, 5.41) is 1.78. The first-order chi connectivity index (χ1) is 4.70. The Morgan fingerprint density at radius 1 is 1.70 bits per heavy atom. The first-order valence-corrected chi connectivity index (χ1v) is 5.30. The van der Waals surface area contributed by atoms with Crippen molar-refractivity contribution < 1.29 is 4.79 Å². The van der Waals surface area contributed by atoms with Gasteiger partial charge in [0.2, 0.25) is 4.45 Å². The molecular formula is C6H9ClOS2. The number of allylic oxidation sites excluding steroid dienone is 1. The van der Waals surface area contributed by atoms with E-state index in [1.807, 2.05) is 6.92 Å². The Bertz CT molecular complexity index is 145. The highest BCUT2D eigenvalue weighted by Crippen LogP contribution is 2.16. The van der Waals surface area contributed by atoms with Gasteiger partial charge >= 0.3 is 0 Å². The second kappa shape index (κ2) is 6.13. The van der Waals surface area contributed by atoms with Crippen molar-refractivity contribution in [2.75, 3.05) is 12.1 Å². The molecule has 0 N–H and O–H groups in total. The number of hydrogen-bond donors (Lipinski definition) is 0. The zero-order valence-electron chi connectivity index (χ0n) is 5.89. The van der Waals surface area contributed by atoms with E-state index in [9.17, 15) is 4.79 Å². The molecule has 0 fully saturated rings. The van der Waals surface area contributed by atoms with Crippen LogP contribution in [0.25, 0.3) is 0 Å². The normalized spacial score (nSPS) is 11.7. The Labute approximate surface area is 74.6 Å². The molecule has 0 unspecified atom stereocenters. The lowest BCUT2D eigenvalue weighted by molar-refractivity contribution is 0.277. The highest BCUT2D eigenvalue weighted by molar-refractivity contribution is 8.39. The number of halogens is 1. The van der Waals surface area contributed by atoms with Crippen LogP contribution >= 0.6 is 35.1 Å². The van der Waals surface area contributed by atoms with E-state index in [4.69, 9.17) is 11.6 Å². The molecular weight excluding hydrogens is 188 g/mol. The Kier molecular flexibility index (Phi) is 6.38. The van der Waals surface area contributed by atoms with Gasteiger partial charge in [-0.3, -0.25) is 4.79 Å². The first-order valence-electron chi connectivity index (χ1n) is 2.67. The summed E-state index contributed by atoms with van der Waals surface area (Å²) in [7, 11) is 0. The lowest BCUT2D eigenvalue weighted by atomic mass is 10.4. The summed E-state index contributed by atoms with van der Waals surface area (Å²) in [5.74, 6) is 0.495. The number of thioether (sulfide) groups is 2. The Hall–Kier alpha value is 0.400. The van der Waals surface area contributed by atoms with Crippen LogP contribution in [0.15, 0.2) is 11.0 Å². The maximum absolute atomic E-state index is 10.7. The van der Waals surface area contributed by atoms with Crippen molar-refractivity contribution in [2.24, 2.45) is 0 Å². The van der Waals surface area contributed by atoms with Crippen LogP contribution in [0.5, 0.6) is 0 Å². The molecule has 0 saturated heterocycles. The monoisotopic (exact) mass is 196 g/mol. The summed E-state index contributed by atoms with van der Waals surface area (Å²) in [6.07, 6.45) is 1.76. The van der Waals surface area contributed by atoms with E-state index in [0.29, 0.717) is 5.88 Å². The van der Waals surface area contributed by atoms with Gasteiger partial charge in [-0.1, -0.05) is 17.3 Å². The van der Waals surface area contributed by atoms with Gasteiger partial charge in [-0.05, 0) is 30.3 Å². The van der Waals surface area contributed by atoms with Crippen molar-refractivity contribution in [3.63, 3.8) is 0 Å². The van der Waals surface area contributed by atoms with E-state index in [-0.39, 0.29) is 4.45 Å². The molecule has 0 aromatic rings. The topological polar surface area (TPSA) is 17.1 Å². The fraction of sp³-hybridized carbons (Fsp3) is 0.500. The lowest BCUT2D eigenvalue weighted by Crippen LogP contribution is -1.77. The van der Waals surface area contributed by atoms with Crippen LogP contribution in [0.1, 0.15) is 6.92 Å². The first kappa shape index (κ1) is 10.4. The van der Waals surface area contributed by atoms with Crippen LogP contribution in [0.3, 0.4) is 0 Å². The molecule has 1 nitrogen and oxygen atoms in total. The molecule has 0 spiro atoms. The van der Waals surface area contributed by atoms with E-state index < -0.39 is 0 Å². The van der Waals surface area contributed by atoms with Gasteiger partial charge in [-0.2, -0.15) is 0 Å². The Balaban J connectivity index is 3.61. The SMILES string of the molecule is CSC(=O)S/C=C(/C)CCl. The minimum atomic E-state index is 0.101. The summed E-state index contributed by atoms with van der Waals surface area (Å²) < 4.78 is 0.101. The van der Waals surface area contributed by atoms with Gasteiger partial charge < -0.3 is 0 Å². The van der Waals surface area contributed by atoms with Crippen LogP contribution in [0.4, 0.5) is 4.79 Å². The second-order valence-corrected chi connectivity index (χ2v) is 3.82. The zero-order chi connectivity index (χ0) is 7.98. The second-order valence-electron chi connectivity index (χ2n) is 1.67. The molecule has 0 saturated carbocycles. The molecule has 0 heterocycles. The summed E-state index contributed by atoms with van der Waals surface area (Å²) >= 11 is 7.88. The summed E-state index contributed by atoms with van der Waals surface area (Å²) in [6, 6.07) is 0. The summed E-state index contributed by atoms with van der Waals surface area (Å²) in [6.45, 7) is 1.90. The van der Waals surface area contributed by atoms with E-state index >= 15 is 0 Å². The van der Waals surface area contributed by atoms with Crippen molar-refractivity contribution in [3.05, 3.63) is 11.0 Å². The third-order valence-corrected chi connectivity index (χ3v) is 2.99.